The first-order valence-corrected chi connectivity index (χ1v) is 12.0. The molecule has 2 aromatic rings. The maximum atomic E-state index is 13.3. The number of hydrogen-bond donors (Lipinski definition) is 2. The van der Waals surface area contributed by atoms with E-state index in [9.17, 15) is 9.59 Å². The first-order chi connectivity index (χ1) is 15.0. The van der Waals surface area contributed by atoms with Crippen molar-refractivity contribution >= 4 is 29.3 Å². The van der Waals surface area contributed by atoms with Gasteiger partial charge in [0, 0.05) is 23.7 Å². The molecule has 164 valence electrons. The van der Waals surface area contributed by atoms with Gasteiger partial charge in [-0.25, -0.2) is 0 Å². The Kier molecular flexibility index (Phi) is 6.98. The first-order valence-electron chi connectivity index (χ1n) is 11.2. The molecular weight excluding hydrogens is 406 g/mol. The van der Waals surface area contributed by atoms with E-state index in [4.69, 9.17) is 5.73 Å². The summed E-state index contributed by atoms with van der Waals surface area (Å²) in [5.41, 5.74) is 7.51. The molecule has 1 atom stereocenters. The van der Waals surface area contributed by atoms with E-state index in [1.165, 1.54) is 5.56 Å². The van der Waals surface area contributed by atoms with Gasteiger partial charge in [-0.1, -0.05) is 43.2 Å². The highest BCUT2D eigenvalue weighted by molar-refractivity contribution is 8.01. The zero-order valence-electron chi connectivity index (χ0n) is 17.9. The van der Waals surface area contributed by atoms with Crippen molar-refractivity contribution in [2.24, 2.45) is 11.7 Å². The molecule has 0 aromatic heterocycles. The number of piperidine rings is 1. The Morgan fingerprint density at radius 1 is 1.03 bits per heavy atom. The molecular formula is C25H31N3O2S. The lowest BCUT2D eigenvalue weighted by atomic mass is 9.97. The van der Waals surface area contributed by atoms with Crippen molar-refractivity contribution in [3.05, 3.63) is 60.2 Å². The van der Waals surface area contributed by atoms with Gasteiger partial charge in [0.25, 0.3) is 0 Å². The molecule has 2 aromatic carbocycles. The molecule has 5 nitrogen and oxygen atoms in total. The summed E-state index contributed by atoms with van der Waals surface area (Å²) in [6, 6.07) is 18.3. The van der Waals surface area contributed by atoms with E-state index >= 15 is 0 Å². The number of hydrogen-bond acceptors (Lipinski definition) is 4. The molecule has 31 heavy (non-hydrogen) atoms. The van der Waals surface area contributed by atoms with Crippen LogP contribution in [-0.4, -0.2) is 34.6 Å². The second-order valence-electron chi connectivity index (χ2n) is 8.74. The van der Waals surface area contributed by atoms with E-state index in [1.807, 2.05) is 30.3 Å². The molecule has 2 fully saturated rings. The third-order valence-corrected chi connectivity index (χ3v) is 7.90. The molecule has 2 aliphatic rings. The molecule has 6 heteroatoms. The predicted octanol–water partition coefficient (Wildman–Crippen LogP) is 4.43. The van der Waals surface area contributed by atoms with Gasteiger partial charge in [0.15, 0.2) is 0 Å². The molecule has 1 unspecified atom stereocenters. The molecule has 0 spiro atoms. The van der Waals surface area contributed by atoms with Crippen LogP contribution in [0.15, 0.2) is 59.5 Å². The van der Waals surface area contributed by atoms with Crippen molar-refractivity contribution < 1.29 is 9.59 Å². The predicted molar refractivity (Wildman–Crippen MR) is 126 cm³/mol. The zero-order chi connectivity index (χ0) is 21.7. The quantitative estimate of drug-likeness (QED) is 0.672. The minimum absolute atomic E-state index is 0.0444. The number of likely N-dealkylation sites (tertiary alicyclic amines) is 1. The highest BCUT2D eigenvalue weighted by atomic mass is 32.2. The number of nitrogens with one attached hydrogen (secondary N) is 1. The van der Waals surface area contributed by atoms with Gasteiger partial charge >= 0.3 is 0 Å². The summed E-state index contributed by atoms with van der Waals surface area (Å²) in [7, 11) is 0. The third-order valence-electron chi connectivity index (χ3n) is 6.41. The number of anilines is 1. The normalized spacial score (nSPS) is 21.0. The summed E-state index contributed by atoms with van der Waals surface area (Å²) >= 11 is 1.70. The molecule has 3 N–H and O–H groups in total. The topological polar surface area (TPSA) is 75.4 Å². The fraction of sp³-hybridized carbons (Fsp3) is 0.440. The highest BCUT2D eigenvalue weighted by Crippen LogP contribution is 2.46. The zero-order valence-corrected chi connectivity index (χ0v) is 18.7. The maximum Gasteiger partial charge on any atom is 0.240 e. The summed E-state index contributed by atoms with van der Waals surface area (Å²) in [6.45, 7) is 2.51. The number of benzene rings is 2. The lowest BCUT2D eigenvalue weighted by Gasteiger charge is -2.31. The fourth-order valence-electron chi connectivity index (χ4n) is 4.66. The van der Waals surface area contributed by atoms with Gasteiger partial charge in [0.2, 0.25) is 11.8 Å². The molecule has 1 saturated heterocycles. The number of thioether (sulfide) groups is 1. The first kappa shape index (κ1) is 21.9. The van der Waals surface area contributed by atoms with Gasteiger partial charge in [-0.05, 0) is 62.1 Å². The highest BCUT2D eigenvalue weighted by Gasteiger charge is 2.42. The molecule has 4 rings (SSSR count). The average Bonchev–Trinajstić information content (AvgIpc) is 3.26. The summed E-state index contributed by atoms with van der Waals surface area (Å²) in [6.07, 6.45) is 5.89. The van der Waals surface area contributed by atoms with Crippen molar-refractivity contribution in [3.63, 3.8) is 0 Å². The van der Waals surface area contributed by atoms with E-state index in [-0.39, 0.29) is 17.7 Å². The number of carbonyl (C=O) groups excluding carboxylic acids is 2. The maximum absolute atomic E-state index is 13.3. The van der Waals surface area contributed by atoms with Crippen LogP contribution in [0.25, 0.3) is 0 Å². The van der Waals surface area contributed by atoms with Gasteiger partial charge in [-0.3, -0.25) is 14.5 Å². The van der Waals surface area contributed by atoms with Gasteiger partial charge in [-0.2, -0.15) is 0 Å². The van der Waals surface area contributed by atoms with Gasteiger partial charge < -0.3 is 11.1 Å². The Morgan fingerprint density at radius 3 is 2.42 bits per heavy atom. The monoisotopic (exact) mass is 437 g/mol. The smallest absolute Gasteiger partial charge is 0.240 e. The number of nitrogens with two attached hydrogens (primary N) is 1. The van der Waals surface area contributed by atoms with Crippen LogP contribution in [0.1, 0.15) is 44.1 Å². The average molecular weight is 438 g/mol. The molecule has 0 radical (unpaired) electrons. The van der Waals surface area contributed by atoms with Crippen LogP contribution >= 0.6 is 11.8 Å². The Hall–Kier alpha value is -2.31. The van der Waals surface area contributed by atoms with Crippen molar-refractivity contribution in [1.82, 2.24) is 4.90 Å². The van der Waals surface area contributed by atoms with Crippen LogP contribution in [0.4, 0.5) is 5.69 Å². The molecule has 0 bridgehead atoms. The summed E-state index contributed by atoms with van der Waals surface area (Å²) in [5, 5.41) is 3.16. The van der Waals surface area contributed by atoms with E-state index in [1.54, 1.807) is 11.8 Å². The van der Waals surface area contributed by atoms with E-state index in [2.05, 4.69) is 34.5 Å². The van der Waals surface area contributed by atoms with Crippen LogP contribution in [0.2, 0.25) is 0 Å². The van der Waals surface area contributed by atoms with Crippen molar-refractivity contribution in [1.29, 1.82) is 0 Å². The number of amides is 2. The lowest BCUT2D eigenvalue weighted by molar-refractivity contribution is -0.123. The second kappa shape index (κ2) is 9.88. The van der Waals surface area contributed by atoms with E-state index < -0.39 is 4.75 Å². The Labute approximate surface area is 188 Å². The van der Waals surface area contributed by atoms with Crippen molar-refractivity contribution in [3.8, 4) is 0 Å². The van der Waals surface area contributed by atoms with Gasteiger partial charge in [-0.15, -0.1) is 11.8 Å². The van der Waals surface area contributed by atoms with Gasteiger partial charge in [0.05, 0.1) is 10.7 Å². The molecule has 1 aliphatic carbocycles. The van der Waals surface area contributed by atoms with Gasteiger partial charge in [0.1, 0.15) is 0 Å². The largest absolute Gasteiger partial charge is 0.369 e. The number of rotatable bonds is 7. The van der Waals surface area contributed by atoms with Crippen molar-refractivity contribution in [2.45, 2.75) is 54.7 Å². The van der Waals surface area contributed by atoms with Crippen LogP contribution in [0.5, 0.6) is 0 Å². The molecule has 1 saturated carbocycles. The molecule has 1 heterocycles. The third kappa shape index (κ3) is 5.49. The van der Waals surface area contributed by atoms with Crippen molar-refractivity contribution in [2.75, 3.05) is 18.4 Å². The minimum Gasteiger partial charge on any atom is -0.369 e. The Bertz CT molecular complexity index is 895. The number of carbonyl (C=O) groups is 2. The Morgan fingerprint density at radius 2 is 1.74 bits per heavy atom. The second-order valence-corrected chi connectivity index (χ2v) is 10.2. The molecule has 1 aliphatic heterocycles. The summed E-state index contributed by atoms with van der Waals surface area (Å²) < 4.78 is -0.391. The van der Waals surface area contributed by atoms with Crippen LogP contribution in [-0.2, 0) is 16.1 Å². The lowest BCUT2D eigenvalue weighted by Crippen LogP contribution is -2.40. The number of primary amides is 1. The van der Waals surface area contributed by atoms with Crippen LogP contribution < -0.4 is 11.1 Å². The molecule has 2 amide bonds. The SMILES string of the molecule is NC(=O)C1CCCN(Cc2ccc(NC(=O)C3(Sc4ccccc4)CCCC3)cc2)C1. The van der Waals surface area contributed by atoms with Crippen LogP contribution in [0.3, 0.4) is 0 Å². The van der Waals surface area contributed by atoms with E-state index in [0.717, 1.165) is 68.7 Å². The standard InChI is InChI=1S/C25H31N3O2S/c26-23(29)20-7-6-16-28(18-20)17-19-10-12-21(13-11-19)27-24(30)25(14-4-5-15-25)31-22-8-2-1-3-9-22/h1-3,8-13,20H,4-7,14-18H2,(H2,26,29)(H,27,30). The summed E-state index contributed by atoms with van der Waals surface area (Å²) in [4.78, 5) is 28.2. The Balaban J connectivity index is 1.37. The van der Waals surface area contributed by atoms with E-state index in [0.29, 0.717) is 0 Å². The minimum atomic E-state index is -0.391. The van der Waals surface area contributed by atoms with Crippen LogP contribution in [0, 0.1) is 5.92 Å². The fourth-order valence-corrected chi connectivity index (χ4v) is 6.04. The number of nitrogens with zero attached hydrogens (tertiary/aromatic N) is 1. The summed E-state index contributed by atoms with van der Waals surface area (Å²) in [5.74, 6) is -0.138.